The van der Waals surface area contributed by atoms with Crippen LogP contribution >= 0.6 is 0 Å². The first-order valence-electron chi connectivity index (χ1n) is 14.2. The third-order valence-corrected chi connectivity index (χ3v) is 7.33. The second-order valence-corrected chi connectivity index (χ2v) is 10.5. The Hall–Kier alpha value is -4.98. The number of pyridine rings is 1. The minimum absolute atomic E-state index is 0.00131. The summed E-state index contributed by atoms with van der Waals surface area (Å²) < 4.78 is 84.5. The lowest BCUT2D eigenvalue weighted by molar-refractivity contribution is -0.140. The molecule has 1 aromatic heterocycles. The van der Waals surface area contributed by atoms with E-state index in [0.29, 0.717) is 47.1 Å². The van der Waals surface area contributed by atoms with Gasteiger partial charge in [0.15, 0.2) is 23.1 Å². The van der Waals surface area contributed by atoms with Gasteiger partial charge in [-0.05, 0) is 73.8 Å². The Morgan fingerprint density at radius 1 is 0.913 bits per heavy atom. The van der Waals surface area contributed by atoms with Crippen LogP contribution in [0.1, 0.15) is 24.0 Å². The second kappa shape index (κ2) is 14.0. The molecule has 3 aromatic carbocycles. The maximum absolute atomic E-state index is 15.0. The highest BCUT2D eigenvalue weighted by atomic mass is 19.4. The molecule has 0 bridgehead atoms. The first-order valence-corrected chi connectivity index (χ1v) is 14.2. The molecule has 242 valence electrons. The summed E-state index contributed by atoms with van der Waals surface area (Å²) in [5.41, 5.74) is -0.981. The number of nitrogens with one attached hydrogen (secondary N) is 3. The number of alkyl halides is 3. The highest BCUT2D eigenvalue weighted by Gasteiger charge is 2.34. The fourth-order valence-electron chi connectivity index (χ4n) is 4.87. The zero-order valence-corrected chi connectivity index (χ0v) is 24.5. The molecule has 0 atom stereocenters. The molecule has 9 nitrogen and oxygen atoms in total. The number of anilines is 1. The Balaban J connectivity index is 1.22. The third kappa shape index (κ3) is 7.80. The first kappa shape index (κ1) is 32.4. The largest absolute Gasteiger partial charge is 0.493 e. The number of fused-ring (bicyclic) bond motifs is 1. The molecule has 14 heteroatoms. The van der Waals surface area contributed by atoms with Crippen LogP contribution in [0.5, 0.6) is 23.0 Å². The normalized spacial score (nSPS) is 13.7. The minimum Gasteiger partial charge on any atom is -0.493 e. The van der Waals surface area contributed by atoms with Gasteiger partial charge in [0.25, 0.3) is 0 Å². The molecule has 0 spiro atoms. The van der Waals surface area contributed by atoms with Crippen LogP contribution in [-0.4, -0.2) is 43.6 Å². The maximum Gasteiger partial charge on any atom is 0.419 e. The van der Waals surface area contributed by atoms with Crippen molar-refractivity contribution in [2.45, 2.75) is 25.6 Å². The number of methoxy groups -OCH3 is 1. The highest BCUT2D eigenvalue weighted by molar-refractivity contribution is 6.39. The van der Waals surface area contributed by atoms with Gasteiger partial charge < -0.3 is 30.2 Å². The van der Waals surface area contributed by atoms with Gasteiger partial charge in [0.05, 0.1) is 24.8 Å². The van der Waals surface area contributed by atoms with Gasteiger partial charge in [-0.3, -0.25) is 14.6 Å². The number of hydrogen-bond donors (Lipinski definition) is 3. The van der Waals surface area contributed by atoms with Gasteiger partial charge in [0.2, 0.25) is 0 Å². The van der Waals surface area contributed by atoms with Crippen LogP contribution < -0.4 is 30.2 Å². The molecule has 3 N–H and O–H groups in total. The number of aromatic nitrogens is 1. The topological polar surface area (TPSA) is 111 Å². The predicted molar refractivity (Wildman–Crippen MR) is 158 cm³/mol. The van der Waals surface area contributed by atoms with Crippen LogP contribution in [0.3, 0.4) is 0 Å². The average molecular weight is 645 g/mol. The number of ether oxygens (including phenoxy) is 3. The van der Waals surface area contributed by atoms with E-state index in [1.807, 2.05) is 0 Å². The quantitative estimate of drug-likeness (QED) is 0.152. The fourth-order valence-corrected chi connectivity index (χ4v) is 4.87. The molecule has 0 unspecified atom stereocenters. The summed E-state index contributed by atoms with van der Waals surface area (Å²) in [4.78, 5) is 28.9. The van der Waals surface area contributed by atoms with Crippen molar-refractivity contribution < 1.29 is 45.8 Å². The summed E-state index contributed by atoms with van der Waals surface area (Å²) in [6.07, 6.45) is -1.33. The van der Waals surface area contributed by atoms with E-state index in [9.17, 15) is 27.2 Å². The molecular formula is C32H29F5N4O5. The standard InChI is InChI=1S/C32H29F5N4O5/c1-44-28-14-21-25(15-29(28)45-17-18-6-9-38-10-7-18)39-11-8-26(21)46-27-5-3-20(13-24(27)34)41-31(43)30(42)40-16-19-2-4-22(23(33)12-19)32(35,36)37/h2-5,8,11-15,18,38H,6-7,9-10,16-17H2,1H3,(H,40,42)(H,41,43). The lowest BCUT2D eigenvalue weighted by Crippen LogP contribution is -2.35. The number of hydrogen-bond acceptors (Lipinski definition) is 7. The predicted octanol–water partition coefficient (Wildman–Crippen LogP) is 5.97. The van der Waals surface area contributed by atoms with Gasteiger partial charge in [0.1, 0.15) is 11.6 Å². The summed E-state index contributed by atoms with van der Waals surface area (Å²) in [6, 6.07) is 10.6. The molecule has 5 rings (SSSR count). The first-order chi connectivity index (χ1) is 22.0. The number of carbonyl (C=O) groups excluding carboxylic acids is 2. The van der Waals surface area contributed by atoms with E-state index in [1.54, 1.807) is 18.2 Å². The number of amides is 2. The minimum atomic E-state index is -4.87. The molecule has 1 aliphatic rings. The molecular weight excluding hydrogens is 615 g/mol. The number of benzene rings is 3. The number of nitrogens with zero attached hydrogens (tertiary/aromatic N) is 1. The monoisotopic (exact) mass is 644 g/mol. The van der Waals surface area contributed by atoms with Crippen LogP contribution in [0.2, 0.25) is 0 Å². The lowest BCUT2D eigenvalue weighted by atomic mass is 9.99. The van der Waals surface area contributed by atoms with Gasteiger partial charge in [0, 0.05) is 35.9 Å². The Kier molecular flexibility index (Phi) is 9.85. The van der Waals surface area contributed by atoms with Gasteiger partial charge >= 0.3 is 18.0 Å². The number of halogens is 5. The van der Waals surface area contributed by atoms with E-state index in [4.69, 9.17) is 14.2 Å². The summed E-state index contributed by atoms with van der Waals surface area (Å²) >= 11 is 0. The molecule has 0 saturated carbocycles. The van der Waals surface area contributed by atoms with Crippen LogP contribution in [0.25, 0.3) is 10.9 Å². The number of rotatable bonds is 9. The zero-order chi connectivity index (χ0) is 32.8. The molecule has 1 aliphatic heterocycles. The van der Waals surface area contributed by atoms with Crippen molar-refractivity contribution in [3.05, 3.63) is 83.6 Å². The van der Waals surface area contributed by atoms with Crippen LogP contribution in [0.15, 0.2) is 60.8 Å². The molecule has 2 amide bonds. The van der Waals surface area contributed by atoms with Crippen molar-refractivity contribution in [2.24, 2.45) is 5.92 Å². The van der Waals surface area contributed by atoms with Gasteiger partial charge in [-0.1, -0.05) is 6.07 Å². The van der Waals surface area contributed by atoms with Crippen LogP contribution in [0, 0.1) is 17.6 Å². The second-order valence-electron chi connectivity index (χ2n) is 10.5. The molecule has 46 heavy (non-hydrogen) atoms. The molecule has 0 aliphatic carbocycles. The van der Waals surface area contributed by atoms with Crippen molar-refractivity contribution >= 4 is 28.4 Å². The Morgan fingerprint density at radius 2 is 1.70 bits per heavy atom. The summed E-state index contributed by atoms with van der Waals surface area (Å²) in [7, 11) is 1.51. The fraction of sp³-hybridized carbons (Fsp3) is 0.281. The van der Waals surface area contributed by atoms with Crippen LogP contribution in [0.4, 0.5) is 27.6 Å². The number of piperidine rings is 1. The smallest absolute Gasteiger partial charge is 0.419 e. The van der Waals surface area contributed by atoms with Crippen molar-refractivity contribution in [2.75, 3.05) is 32.1 Å². The number of carbonyl (C=O) groups is 2. The Bertz CT molecular complexity index is 1740. The molecule has 1 saturated heterocycles. The molecule has 1 fully saturated rings. The van der Waals surface area contributed by atoms with E-state index in [-0.39, 0.29) is 22.7 Å². The maximum atomic E-state index is 15.0. The SMILES string of the molecule is COc1cc2c(Oc3ccc(NC(=O)C(=O)NCc4ccc(C(F)(F)F)c(F)c4)cc3F)ccnc2cc1OCC1CCNCC1. The van der Waals surface area contributed by atoms with Gasteiger partial charge in [-0.15, -0.1) is 0 Å². The Labute approximate surface area is 260 Å². The van der Waals surface area contributed by atoms with E-state index < -0.39 is 41.7 Å². The van der Waals surface area contributed by atoms with E-state index in [1.165, 1.54) is 25.4 Å². The molecule has 4 aromatic rings. The Morgan fingerprint density at radius 3 is 2.39 bits per heavy atom. The summed E-state index contributed by atoms with van der Waals surface area (Å²) in [6.45, 7) is 2.01. The highest BCUT2D eigenvalue weighted by Crippen LogP contribution is 2.38. The van der Waals surface area contributed by atoms with E-state index in [0.717, 1.165) is 38.1 Å². The lowest BCUT2D eigenvalue weighted by Gasteiger charge is -2.23. The van der Waals surface area contributed by atoms with Crippen molar-refractivity contribution in [1.29, 1.82) is 0 Å². The van der Waals surface area contributed by atoms with E-state index in [2.05, 4.69) is 20.9 Å². The van der Waals surface area contributed by atoms with Crippen molar-refractivity contribution in [1.82, 2.24) is 15.6 Å². The molecule has 0 radical (unpaired) electrons. The zero-order valence-electron chi connectivity index (χ0n) is 24.5. The summed E-state index contributed by atoms with van der Waals surface area (Å²) in [5.74, 6) is -3.19. The van der Waals surface area contributed by atoms with Crippen LogP contribution in [-0.2, 0) is 22.3 Å². The summed E-state index contributed by atoms with van der Waals surface area (Å²) in [5, 5.41) is 8.25. The third-order valence-electron chi connectivity index (χ3n) is 7.33. The molecule has 2 heterocycles. The van der Waals surface area contributed by atoms with Gasteiger partial charge in [-0.2, -0.15) is 13.2 Å². The van der Waals surface area contributed by atoms with Crippen molar-refractivity contribution in [3.8, 4) is 23.0 Å². The van der Waals surface area contributed by atoms with Gasteiger partial charge in [-0.25, -0.2) is 8.78 Å². The average Bonchev–Trinajstić information content (AvgIpc) is 3.03. The van der Waals surface area contributed by atoms with Crippen molar-refractivity contribution in [3.63, 3.8) is 0 Å². The van der Waals surface area contributed by atoms with E-state index >= 15 is 4.39 Å².